The monoisotopic (exact) mass is 350 g/mol. The van der Waals surface area contributed by atoms with Crippen molar-refractivity contribution >= 4 is 17.5 Å². The van der Waals surface area contributed by atoms with Crippen LogP contribution in [-0.4, -0.2) is 17.9 Å². The van der Waals surface area contributed by atoms with Crippen molar-refractivity contribution in [2.45, 2.75) is 13.0 Å². The van der Waals surface area contributed by atoms with Gasteiger partial charge in [-0.2, -0.15) is 0 Å². The topological polar surface area (TPSA) is 80.6 Å². The molecule has 6 nitrogen and oxygen atoms in total. The zero-order valence-electron chi connectivity index (χ0n) is 14.1. The van der Waals surface area contributed by atoms with Crippen LogP contribution in [0.15, 0.2) is 77.4 Å². The summed E-state index contributed by atoms with van der Waals surface area (Å²) in [7, 11) is 0. The highest BCUT2D eigenvalue weighted by Crippen LogP contribution is 2.22. The van der Waals surface area contributed by atoms with Gasteiger partial charge in [0.1, 0.15) is 17.5 Å². The van der Waals surface area contributed by atoms with E-state index in [4.69, 9.17) is 9.15 Å². The molecule has 0 unspecified atom stereocenters. The first-order chi connectivity index (χ1) is 12.6. The number of benzene rings is 2. The van der Waals surface area contributed by atoms with Gasteiger partial charge < -0.3 is 19.8 Å². The quantitative estimate of drug-likeness (QED) is 0.708. The van der Waals surface area contributed by atoms with Gasteiger partial charge in [-0.25, -0.2) is 0 Å². The summed E-state index contributed by atoms with van der Waals surface area (Å²) in [6.07, 6.45) is 1.40. The van der Waals surface area contributed by atoms with Crippen LogP contribution in [0.4, 0.5) is 5.69 Å². The first kappa shape index (κ1) is 17.3. The van der Waals surface area contributed by atoms with Gasteiger partial charge >= 0.3 is 0 Å². The Morgan fingerprint density at radius 1 is 0.923 bits per heavy atom. The number of para-hydroxylation sites is 1. The van der Waals surface area contributed by atoms with Crippen molar-refractivity contribution in [2.75, 3.05) is 5.32 Å². The molecule has 0 saturated carbocycles. The molecule has 1 aromatic heterocycles. The molecule has 6 heteroatoms. The number of anilines is 1. The van der Waals surface area contributed by atoms with Crippen molar-refractivity contribution in [3.05, 3.63) is 78.8 Å². The zero-order valence-corrected chi connectivity index (χ0v) is 14.1. The van der Waals surface area contributed by atoms with E-state index in [0.29, 0.717) is 11.4 Å². The Hall–Kier alpha value is -3.54. The second-order valence-corrected chi connectivity index (χ2v) is 5.60. The number of ether oxygens (including phenoxy) is 1. The van der Waals surface area contributed by atoms with Crippen LogP contribution in [0.3, 0.4) is 0 Å². The maximum absolute atomic E-state index is 12.2. The Kier molecular flexibility index (Phi) is 5.34. The highest BCUT2D eigenvalue weighted by Gasteiger charge is 2.18. The van der Waals surface area contributed by atoms with Crippen LogP contribution in [0, 0.1) is 0 Å². The molecule has 0 aliphatic rings. The molecule has 0 aliphatic carbocycles. The molecule has 2 amide bonds. The zero-order chi connectivity index (χ0) is 18.4. The fourth-order valence-electron chi connectivity index (χ4n) is 2.22. The molecule has 1 atom stereocenters. The van der Waals surface area contributed by atoms with Crippen LogP contribution in [0.2, 0.25) is 0 Å². The van der Waals surface area contributed by atoms with Gasteiger partial charge in [0.2, 0.25) is 5.91 Å². The van der Waals surface area contributed by atoms with Crippen LogP contribution in [-0.2, 0) is 4.79 Å². The number of hydrogen-bond acceptors (Lipinski definition) is 4. The molecular weight excluding hydrogens is 332 g/mol. The summed E-state index contributed by atoms with van der Waals surface area (Å²) < 4.78 is 10.7. The summed E-state index contributed by atoms with van der Waals surface area (Å²) in [6, 6.07) is 18.8. The van der Waals surface area contributed by atoms with Gasteiger partial charge in [0.05, 0.1) is 6.26 Å². The van der Waals surface area contributed by atoms with Crippen molar-refractivity contribution in [1.29, 1.82) is 0 Å². The molecule has 0 spiro atoms. The van der Waals surface area contributed by atoms with Crippen LogP contribution in [0.5, 0.6) is 11.5 Å². The summed E-state index contributed by atoms with van der Waals surface area (Å²) >= 11 is 0. The number of furan rings is 1. The van der Waals surface area contributed by atoms with Gasteiger partial charge in [0, 0.05) is 5.69 Å². The third-order valence-corrected chi connectivity index (χ3v) is 3.59. The summed E-state index contributed by atoms with van der Waals surface area (Å²) in [5.41, 5.74) is 0.606. The normalized spacial score (nSPS) is 11.4. The molecule has 0 aliphatic heterocycles. The van der Waals surface area contributed by atoms with E-state index < -0.39 is 11.9 Å². The lowest BCUT2D eigenvalue weighted by Crippen LogP contribution is -2.41. The highest BCUT2D eigenvalue weighted by atomic mass is 16.5. The molecule has 3 aromatic rings. The van der Waals surface area contributed by atoms with E-state index in [1.165, 1.54) is 12.3 Å². The van der Waals surface area contributed by atoms with E-state index in [2.05, 4.69) is 10.6 Å². The maximum Gasteiger partial charge on any atom is 0.287 e. The first-order valence-electron chi connectivity index (χ1n) is 8.10. The first-order valence-corrected chi connectivity index (χ1v) is 8.10. The number of rotatable bonds is 6. The Balaban J connectivity index is 1.54. The Morgan fingerprint density at radius 2 is 1.62 bits per heavy atom. The maximum atomic E-state index is 12.2. The molecule has 1 heterocycles. The van der Waals surface area contributed by atoms with E-state index in [-0.39, 0.29) is 11.7 Å². The lowest BCUT2D eigenvalue weighted by molar-refractivity contribution is -0.117. The van der Waals surface area contributed by atoms with Crippen LogP contribution in [0.1, 0.15) is 17.5 Å². The fraction of sp³-hybridized carbons (Fsp3) is 0.100. The Bertz CT molecular complexity index is 859. The van der Waals surface area contributed by atoms with Gasteiger partial charge in [0.15, 0.2) is 5.76 Å². The van der Waals surface area contributed by atoms with E-state index in [9.17, 15) is 9.59 Å². The third kappa shape index (κ3) is 4.51. The Morgan fingerprint density at radius 3 is 2.27 bits per heavy atom. The van der Waals surface area contributed by atoms with Crippen molar-refractivity contribution in [1.82, 2.24) is 5.32 Å². The minimum absolute atomic E-state index is 0.159. The lowest BCUT2D eigenvalue weighted by atomic mass is 10.2. The molecule has 0 radical (unpaired) electrons. The van der Waals surface area contributed by atoms with Gasteiger partial charge in [0.25, 0.3) is 5.91 Å². The van der Waals surface area contributed by atoms with Crippen LogP contribution < -0.4 is 15.4 Å². The summed E-state index contributed by atoms with van der Waals surface area (Å²) in [6.45, 7) is 1.60. The van der Waals surface area contributed by atoms with E-state index >= 15 is 0 Å². The SMILES string of the molecule is C[C@@H](NC(=O)c1ccco1)C(=O)Nc1ccc(Oc2ccccc2)cc1. The standard InChI is InChI=1S/C20H18N2O4/c1-14(21-20(24)18-8-5-13-25-18)19(23)22-15-9-11-17(12-10-15)26-16-6-3-2-4-7-16/h2-14H,1H3,(H,21,24)(H,22,23)/t14-/m1/s1. The van der Waals surface area contributed by atoms with E-state index in [1.807, 2.05) is 30.3 Å². The molecule has 132 valence electrons. The molecule has 0 bridgehead atoms. The molecule has 0 saturated heterocycles. The van der Waals surface area contributed by atoms with Crippen LogP contribution in [0.25, 0.3) is 0 Å². The number of nitrogens with one attached hydrogen (secondary N) is 2. The summed E-state index contributed by atoms with van der Waals surface area (Å²) in [4.78, 5) is 24.1. The minimum atomic E-state index is -0.715. The molecule has 0 fully saturated rings. The third-order valence-electron chi connectivity index (χ3n) is 3.59. The van der Waals surface area contributed by atoms with Gasteiger partial charge in [-0.15, -0.1) is 0 Å². The smallest absolute Gasteiger partial charge is 0.287 e. The van der Waals surface area contributed by atoms with Crippen molar-refractivity contribution in [3.63, 3.8) is 0 Å². The molecule has 2 aromatic carbocycles. The average molecular weight is 350 g/mol. The summed E-state index contributed by atoms with van der Waals surface area (Å²) in [5, 5.41) is 5.32. The second-order valence-electron chi connectivity index (χ2n) is 5.60. The molecule has 3 rings (SSSR count). The predicted octanol–water partition coefficient (Wildman–Crippen LogP) is 3.83. The van der Waals surface area contributed by atoms with Crippen molar-refractivity contribution in [2.24, 2.45) is 0 Å². The average Bonchev–Trinajstić information content (AvgIpc) is 3.19. The van der Waals surface area contributed by atoms with E-state index in [1.54, 1.807) is 37.3 Å². The van der Waals surface area contributed by atoms with Gasteiger partial charge in [-0.3, -0.25) is 9.59 Å². The number of carbonyl (C=O) groups excluding carboxylic acids is 2. The van der Waals surface area contributed by atoms with Crippen molar-refractivity contribution in [3.8, 4) is 11.5 Å². The molecular formula is C20H18N2O4. The summed E-state index contributed by atoms with van der Waals surface area (Å²) in [5.74, 6) is 0.782. The lowest BCUT2D eigenvalue weighted by Gasteiger charge is -2.13. The van der Waals surface area contributed by atoms with Gasteiger partial charge in [-0.05, 0) is 55.5 Å². The van der Waals surface area contributed by atoms with E-state index in [0.717, 1.165) is 5.75 Å². The predicted molar refractivity (Wildman–Crippen MR) is 97.2 cm³/mol. The molecule has 2 N–H and O–H groups in total. The molecule has 26 heavy (non-hydrogen) atoms. The highest BCUT2D eigenvalue weighted by molar-refractivity contribution is 5.99. The number of carbonyl (C=O) groups is 2. The van der Waals surface area contributed by atoms with Crippen LogP contribution >= 0.6 is 0 Å². The minimum Gasteiger partial charge on any atom is -0.459 e. The Labute approximate surface area is 150 Å². The second kappa shape index (κ2) is 8.02. The largest absolute Gasteiger partial charge is 0.459 e. The number of amides is 2. The van der Waals surface area contributed by atoms with Crippen molar-refractivity contribution < 1.29 is 18.7 Å². The number of hydrogen-bond donors (Lipinski definition) is 2. The van der Waals surface area contributed by atoms with Gasteiger partial charge in [-0.1, -0.05) is 18.2 Å². The fourth-order valence-corrected chi connectivity index (χ4v) is 2.22.